The maximum absolute atomic E-state index is 13.6. The molecule has 5 rings (SSSR count). The molecule has 1 amide bonds. The van der Waals surface area contributed by atoms with E-state index in [1.165, 1.54) is 11.3 Å². The highest BCUT2D eigenvalue weighted by molar-refractivity contribution is 7.07. The number of carbonyl (C=O) groups is 1. The summed E-state index contributed by atoms with van der Waals surface area (Å²) in [5, 5.41) is 3.00. The second-order valence-corrected chi connectivity index (χ2v) is 9.22. The molecular formula is C27H23N3O3S. The second kappa shape index (κ2) is 8.76. The van der Waals surface area contributed by atoms with Crippen molar-refractivity contribution in [2.75, 3.05) is 5.32 Å². The minimum absolute atomic E-state index is 0.208. The summed E-state index contributed by atoms with van der Waals surface area (Å²) < 4.78 is 8.06. The van der Waals surface area contributed by atoms with Crippen LogP contribution in [0.3, 0.4) is 0 Å². The summed E-state index contributed by atoms with van der Waals surface area (Å²) in [6.07, 6.45) is 1.85. The number of anilines is 1. The van der Waals surface area contributed by atoms with Gasteiger partial charge >= 0.3 is 0 Å². The van der Waals surface area contributed by atoms with Crippen molar-refractivity contribution in [3.05, 3.63) is 120 Å². The maximum Gasteiger partial charge on any atom is 0.271 e. The van der Waals surface area contributed by atoms with E-state index in [9.17, 15) is 9.59 Å². The summed E-state index contributed by atoms with van der Waals surface area (Å²) >= 11 is 1.31. The Labute approximate surface area is 200 Å². The number of benzene rings is 2. The predicted molar refractivity (Wildman–Crippen MR) is 133 cm³/mol. The lowest BCUT2D eigenvalue weighted by Crippen LogP contribution is -2.40. The van der Waals surface area contributed by atoms with Crippen LogP contribution in [0.2, 0.25) is 0 Å². The number of hydrogen-bond acceptors (Lipinski definition) is 5. The Morgan fingerprint density at radius 1 is 1.03 bits per heavy atom. The van der Waals surface area contributed by atoms with Crippen LogP contribution in [0.25, 0.3) is 6.08 Å². The van der Waals surface area contributed by atoms with Gasteiger partial charge in [-0.3, -0.25) is 14.2 Å². The molecule has 1 aliphatic rings. The molecule has 6 nitrogen and oxygen atoms in total. The number of aromatic nitrogens is 1. The average Bonchev–Trinajstić information content (AvgIpc) is 3.38. The number of furan rings is 1. The minimum Gasteiger partial charge on any atom is -0.464 e. The van der Waals surface area contributed by atoms with Crippen LogP contribution in [0, 0.1) is 13.8 Å². The third-order valence-corrected chi connectivity index (χ3v) is 6.77. The quantitative estimate of drug-likeness (QED) is 0.489. The molecule has 0 unspecified atom stereocenters. The van der Waals surface area contributed by atoms with Crippen molar-refractivity contribution < 1.29 is 9.21 Å². The highest BCUT2D eigenvalue weighted by Crippen LogP contribution is 2.32. The van der Waals surface area contributed by atoms with Crippen LogP contribution in [-0.4, -0.2) is 10.5 Å². The van der Waals surface area contributed by atoms with Gasteiger partial charge in [0.15, 0.2) is 4.80 Å². The monoisotopic (exact) mass is 469 g/mol. The molecule has 0 saturated heterocycles. The molecule has 0 bridgehead atoms. The molecule has 34 heavy (non-hydrogen) atoms. The fraction of sp³-hybridized carbons (Fsp3) is 0.148. The number of thiazole rings is 1. The van der Waals surface area contributed by atoms with Crippen LogP contribution in [0.5, 0.6) is 0 Å². The molecule has 1 N–H and O–H groups in total. The van der Waals surface area contributed by atoms with Crippen molar-refractivity contribution in [3.8, 4) is 0 Å². The van der Waals surface area contributed by atoms with E-state index >= 15 is 0 Å². The van der Waals surface area contributed by atoms with E-state index in [1.54, 1.807) is 11.5 Å². The molecule has 7 heteroatoms. The zero-order valence-corrected chi connectivity index (χ0v) is 19.8. The average molecular weight is 470 g/mol. The lowest BCUT2D eigenvalue weighted by atomic mass is 10.00. The Morgan fingerprint density at radius 2 is 1.76 bits per heavy atom. The minimum atomic E-state index is -0.716. The first-order valence-electron chi connectivity index (χ1n) is 10.9. The topological polar surface area (TPSA) is 76.6 Å². The van der Waals surface area contributed by atoms with E-state index < -0.39 is 6.04 Å². The van der Waals surface area contributed by atoms with Crippen LogP contribution < -0.4 is 20.2 Å². The van der Waals surface area contributed by atoms with Gasteiger partial charge in [0.2, 0.25) is 0 Å². The summed E-state index contributed by atoms with van der Waals surface area (Å²) in [4.78, 5) is 32.3. The van der Waals surface area contributed by atoms with Crippen LogP contribution in [0.1, 0.15) is 35.6 Å². The fourth-order valence-corrected chi connectivity index (χ4v) is 5.13. The number of aryl methyl sites for hydroxylation is 2. The van der Waals surface area contributed by atoms with E-state index in [1.807, 2.05) is 86.7 Å². The Kier molecular flexibility index (Phi) is 5.63. The summed E-state index contributed by atoms with van der Waals surface area (Å²) in [7, 11) is 0. The van der Waals surface area contributed by atoms with E-state index in [0.29, 0.717) is 37.8 Å². The van der Waals surface area contributed by atoms with Gasteiger partial charge in [-0.05, 0) is 56.2 Å². The number of fused-ring (bicyclic) bond motifs is 1. The van der Waals surface area contributed by atoms with Gasteiger partial charge in [-0.1, -0.05) is 59.9 Å². The number of rotatable bonds is 4. The van der Waals surface area contributed by atoms with Gasteiger partial charge in [-0.15, -0.1) is 0 Å². The number of nitrogens with one attached hydrogen (secondary N) is 1. The van der Waals surface area contributed by atoms with Crippen molar-refractivity contribution in [2.45, 2.75) is 26.8 Å². The van der Waals surface area contributed by atoms with Gasteiger partial charge in [0.05, 0.1) is 15.8 Å². The normalized spacial score (nSPS) is 15.7. The maximum atomic E-state index is 13.6. The highest BCUT2D eigenvalue weighted by atomic mass is 32.1. The number of para-hydroxylation sites is 1. The van der Waals surface area contributed by atoms with Gasteiger partial charge in [0.25, 0.3) is 11.5 Å². The lowest BCUT2D eigenvalue weighted by molar-refractivity contribution is -0.113. The summed E-state index contributed by atoms with van der Waals surface area (Å²) in [6, 6.07) is 20.2. The molecule has 3 heterocycles. The molecule has 0 fully saturated rings. The third kappa shape index (κ3) is 3.95. The molecule has 0 radical (unpaired) electrons. The van der Waals surface area contributed by atoms with Crippen molar-refractivity contribution in [1.82, 2.24) is 4.57 Å². The van der Waals surface area contributed by atoms with Gasteiger partial charge in [0, 0.05) is 5.69 Å². The Morgan fingerprint density at radius 3 is 2.47 bits per heavy atom. The molecule has 0 aliphatic carbocycles. The van der Waals surface area contributed by atoms with Crippen LogP contribution >= 0.6 is 11.3 Å². The molecule has 0 spiro atoms. The van der Waals surface area contributed by atoms with Gasteiger partial charge < -0.3 is 9.73 Å². The van der Waals surface area contributed by atoms with E-state index in [4.69, 9.17) is 4.42 Å². The Balaban J connectivity index is 1.67. The lowest BCUT2D eigenvalue weighted by Gasteiger charge is -2.23. The summed E-state index contributed by atoms with van der Waals surface area (Å²) in [6.45, 7) is 5.57. The Hall–Kier alpha value is -3.97. The molecule has 2 aromatic heterocycles. The van der Waals surface area contributed by atoms with Crippen LogP contribution in [-0.2, 0) is 4.79 Å². The first-order chi connectivity index (χ1) is 16.4. The third-order valence-electron chi connectivity index (χ3n) is 5.79. The molecule has 1 atom stereocenters. The predicted octanol–water partition coefficient (Wildman–Crippen LogP) is 4.08. The zero-order valence-electron chi connectivity index (χ0n) is 19.0. The zero-order chi connectivity index (χ0) is 23.8. The largest absolute Gasteiger partial charge is 0.464 e. The summed E-state index contributed by atoms with van der Waals surface area (Å²) in [5.41, 5.74) is 3.31. The fourth-order valence-electron chi connectivity index (χ4n) is 4.08. The highest BCUT2D eigenvalue weighted by Gasteiger charge is 2.34. The first-order valence-corrected chi connectivity index (χ1v) is 11.7. The molecule has 170 valence electrons. The number of amides is 1. The second-order valence-electron chi connectivity index (χ2n) is 8.21. The van der Waals surface area contributed by atoms with Crippen molar-refractivity contribution in [3.63, 3.8) is 0 Å². The standard InChI is InChI=1S/C27H23N3O3S/c1-16-9-7-8-12-20(16)29-25(31)23-18(3)28-27-30(24(23)21-14-13-17(2)33-21)26(32)22(34-27)15-19-10-5-4-6-11-19/h4-15,24H,1-3H3,(H,29,31)/b22-15+/t24-/m0/s1. The first kappa shape index (κ1) is 21.9. The number of hydrogen-bond donors (Lipinski definition) is 1. The van der Waals surface area contributed by atoms with Gasteiger partial charge in [-0.25, -0.2) is 4.99 Å². The molecule has 4 aromatic rings. The number of carbonyl (C=O) groups excluding carboxylic acids is 1. The van der Waals surface area contributed by atoms with Gasteiger partial charge in [-0.2, -0.15) is 0 Å². The molecular weight excluding hydrogens is 446 g/mol. The number of nitrogens with zero attached hydrogens (tertiary/aromatic N) is 2. The molecule has 2 aromatic carbocycles. The van der Waals surface area contributed by atoms with E-state index in [0.717, 1.165) is 11.1 Å². The molecule has 1 aliphatic heterocycles. The SMILES string of the molecule is CC1=C(C(=O)Nc2ccccc2C)[C@H](c2ccc(C)o2)n2c(s/c(=C/c3ccccc3)c2=O)=N1. The van der Waals surface area contributed by atoms with Crippen molar-refractivity contribution in [2.24, 2.45) is 4.99 Å². The number of allylic oxidation sites excluding steroid dienone is 1. The van der Waals surface area contributed by atoms with E-state index in [-0.39, 0.29) is 11.5 Å². The van der Waals surface area contributed by atoms with Crippen molar-refractivity contribution in [1.29, 1.82) is 0 Å². The van der Waals surface area contributed by atoms with Gasteiger partial charge in [0.1, 0.15) is 17.6 Å². The molecule has 0 saturated carbocycles. The van der Waals surface area contributed by atoms with Crippen LogP contribution in [0.15, 0.2) is 92.2 Å². The summed E-state index contributed by atoms with van der Waals surface area (Å²) in [5.74, 6) is 0.913. The van der Waals surface area contributed by atoms with E-state index in [2.05, 4.69) is 10.3 Å². The Bertz CT molecular complexity index is 1610. The van der Waals surface area contributed by atoms with Crippen LogP contribution in [0.4, 0.5) is 5.69 Å². The van der Waals surface area contributed by atoms with Crippen molar-refractivity contribution >= 4 is 29.0 Å². The smallest absolute Gasteiger partial charge is 0.271 e.